The molecule has 10 nitrogen and oxygen atoms in total. The molecule has 0 aromatic heterocycles. The molecule has 0 saturated heterocycles. The number of ether oxygens (including phenoxy) is 3. The lowest BCUT2D eigenvalue weighted by atomic mass is 10.3. The Balaban J connectivity index is 2.29. The number of anilines is 2. The smallest absolute Gasteiger partial charge is 0.411 e. The van der Waals surface area contributed by atoms with Gasteiger partial charge in [-0.1, -0.05) is 6.58 Å². The van der Waals surface area contributed by atoms with Gasteiger partial charge in [0.2, 0.25) is 5.91 Å². The van der Waals surface area contributed by atoms with Crippen molar-refractivity contribution in [2.45, 2.75) is 13.8 Å². The normalized spacial score (nSPS) is 9.64. The summed E-state index contributed by atoms with van der Waals surface area (Å²) in [6.07, 6.45) is -1.39. The summed E-state index contributed by atoms with van der Waals surface area (Å²) in [4.78, 5) is 45.1. The Morgan fingerprint density at radius 1 is 0.821 bits per heavy atom. The number of carbonyl (C=O) groups is 4. The first kappa shape index (κ1) is 22.5. The first-order valence-electron chi connectivity index (χ1n) is 8.32. The SMILES string of the molecule is C=C(C)C(=O)OCCOC(=O)Nc1ccc(NC(=O)OCCNC(C)=O)cc1. The number of hydrogen-bond acceptors (Lipinski definition) is 7. The van der Waals surface area contributed by atoms with Gasteiger partial charge in [0.1, 0.15) is 19.8 Å². The van der Waals surface area contributed by atoms with Crippen molar-refractivity contribution in [2.75, 3.05) is 37.0 Å². The summed E-state index contributed by atoms with van der Waals surface area (Å²) < 4.78 is 14.5. The molecule has 0 atom stereocenters. The van der Waals surface area contributed by atoms with Crippen LogP contribution in [0.25, 0.3) is 0 Å². The number of benzene rings is 1. The van der Waals surface area contributed by atoms with Crippen molar-refractivity contribution in [1.82, 2.24) is 5.32 Å². The Morgan fingerprint density at radius 2 is 1.29 bits per heavy atom. The third kappa shape index (κ3) is 9.80. The highest BCUT2D eigenvalue weighted by Crippen LogP contribution is 2.14. The monoisotopic (exact) mass is 393 g/mol. The summed E-state index contributed by atoms with van der Waals surface area (Å²) in [6.45, 7) is 6.39. The summed E-state index contributed by atoms with van der Waals surface area (Å²) in [7, 11) is 0. The highest BCUT2D eigenvalue weighted by molar-refractivity contribution is 5.88. The molecule has 0 radical (unpaired) electrons. The largest absolute Gasteiger partial charge is 0.459 e. The van der Waals surface area contributed by atoms with Crippen LogP contribution in [-0.4, -0.2) is 50.4 Å². The second kappa shape index (κ2) is 11.9. The van der Waals surface area contributed by atoms with Crippen LogP contribution in [0.5, 0.6) is 0 Å². The van der Waals surface area contributed by atoms with Gasteiger partial charge in [0.05, 0.1) is 6.54 Å². The van der Waals surface area contributed by atoms with Gasteiger partial charge in [0.25, 0.3) is 0 Å². The van der Waals surface area contributed by atoms with Crippen LogP contribution in [0.3, 0.4) is 0 Å². The molecular formula is C18H23N3O7. The third-order valence-corrected chi connectivity index (χ3v) is 2.98. The van der Waals surface area contributed by atoms with E-state index in [1.54, 1.807) is 24.3 Å². The Labute approximate surface area is 162 Å². The van der Waals surface area contributed by atoms with Crippen molar-refractivity contribution in [3.8, 4) is 0 Å². The molecule has 1 aromatic carbocycles. The van der Waals surface area contributed by atoms with Crippen LogP contribution in [0.1, 0.15) is 13.8 Å². The number of rotatable bonds is 9. The fraction of sp³-hybridized carbons (Fsp3) is 0.333. The van der Waals surface area contributed by atoms with Crippen LogP contribution in [0.4, 0.5) is 21.0 Å². The Hall–Kier alpha value is -3.56. The van der Waals surface area contributed by atoms with E-state index in [0.29, 0.717) is 11.4 Å². The Bertz CT molecular complexity index is 716. The molecule has 3 N–H and O–H groups in total. The van der Waals surface area contributed by atoms with E-state index < -0.39 is 18.2 Å². The summed E-state index contributed by atoms with van der Waals surface area (Å²) in [5.41, 5.74) is 1.15. The minimum atomic E-state index is -0.718. The summed E-state index contributed by atoms with van der Waals surface area (Å²) in [5.74, 6) is -0.765. The van der Waals surface area contributed by atoms with Crippen molar-refractivity contribution in [3.05, 3.63) is 36.4 Å². The topological polar surface area (TPSA) is 132 Å². The lowest BCUT2D eigenvalue weighted by Crippen LogP contribution is -2.26. The number of hydrogen-bond donors (Lipinski definition) is 3. The van der Waals surface area contributed by atoms with E-state index >= 15 is 0 Å². The zero-order valence-electron chi connectivity index (χ0n) is 15.7. The maximum Gasteiger partial charge on any atom is 0.411 e. The van der Waals surface area contributed by atoms with E-state index in [2.05, 4.69) is 22.5 Å². The first-order chi connectivity index (χ1) is 13.3. The first-order valence-corrected chi connectivity index (χ1v) is 8.32. The van der Waals surface area contributed by atoms with E-state index in [9.17, 15) is 19.2 Å². The van der Waals surface area contributed by atoms with Gasteiger partial charge in [-0.2, -0.15) is 0 Å². The van der Waals surface area contributed by atoms with Gasteiger partial charge in [-0.15, -0.1) is 0 Å². The van der Waals surface area contributed by atoms with Crippen molar-refractivity contribution in [1.29, 1.82) is 0 Å². The number of carbonyl (C=O) groups excluding carboxylic acids is 4. The average Bonchev–Trinajstić information content (AvgIpc) is 2.63. The predicted molar refractivity (Wildman–Crippen MR) is 101 cm³/mol. The molecule has 10 heteroatoms. The average molecular weight is 393 g/mol. The zero-order valence-corrected chi connectivity index (χ0v) is 15.7. The number of nitrogens with one attached hydrogen (secondary N) is 3. The number of amides is 3. The quantitative estimate of drug-likeness (QED) is 0.253. The van der Waals surface area contributed by atoms with Crippen LogP contribution >= 0.6 is 0 Å². The lowest BCUT2D eigenvalue weighted by molar-refractivity contribution is -0.139. The summed E-state index contributed by atoms with van der Waals surface area (Å²) >= 11 is 0. The van der Waals surface area contributed by atoms with Gasteiger partial charge in [0, 0.05) is 23.9 Å². The molecule has 0 heterocycles. The summed E-state index contributed by atoms with van der Waals surface area (Å²) in [6, 6.07) is 6.21. The van der Waals surface area contributed by atoms with E-state index in [4.69, 9.17) is 14.2 Å². The molecule has 0 spiro atoms. The van der Waals surface area contributed by atoms with Gasteiger partial charge in [-0.25, -0.2) is 14.4 Å². The van der Waals surface area contributed by atoms with Crippen LogP contribution in [0.2, 0.25) is 0 Å². The minimum Gasteiger partial charge on any atom is -0.459 e. The van der Waals surface area contributed by atoms with Crippen LogP contribution < -0.4 is 16.0 Å². The van der Waals surface area contributed by atoms with Crippen molar-refractivity contribution < 1.29 is 33.4 Å². The second-order valence-electron chi connectivity index (χ2n) is 5.50. The molecule has 0 fully saturated rings. The Morgan fingerprint density at radius 3 is 1.75 bits per heavy atom. The van der Waals surface area contributed by atoms with Gasteiger partial charge < -0.3 is 19.5 Å². The van der Waals surface area contributed by atoms with Crippen molar-refractivity contribution >= 4 is 35.4 Å². The molecule has 152 valence electrons. The highest BCUT2D eigenvalue weighted by atomic mass is 16.6. The van der Waals surface area contributed by atoms with Gasteiger partial charge >= 0.3 is 18.2 Å². The molecule has 0 saturated carbocycles. The molecule has 0 aliphatic rings. The molecule has 0 unspecified atom stereocenters. The second-order valence-corrected chi connectivity index (χ2v) is 5.50. The fourth-order valence-corrected chi connectivity index (χ4v) is 1.71. The molecule has 3 amide bonds. The van der Waals surface area contributed by atoms with Crippen molar-refractivity contribution in [3.63, 3.8) is 0 Å². The van der Waals surface area contributed by atoms with Crippen LogP contribution in [-0.2, 0) is 23.8 Å². The van der Waals surface area contributed by atoms with E-state index in [1.165, 1.54) is 13.8 Å². The van der Waals surface area contributed by atoms with E-state index in [1.807, 2.05) is 0 Å². The maximum atomic E-state index is 11.6. The third-order valence-electron chi connectivity index (χ3n) is 2.98. The molecule has 1 rings (SSSR count). The summed E-state index contributed by atoms with van der Waals surface area (Å²) in [5, 5.41) is 7.48. The minimum absolute atomic E-state index is 0.0403. The molecular weight excluding hydrogens is 370 g/mol. The number of esters is 1. The van der Waals surface area contributed by atoms with E-state index in [0.717, 1.165) is 0 Å². The molecule has 0 bridgehead atoms. The zero-order chi connectivity index (χ0) is 20.9. The van der Waals surface area contributed by atoms with E-state index in [-0.39, 0.29) is 37.8 Å². The molecule has 1 aromatic rings. The molecule has 28 heavy (non-hydrogen) atoms. The fourth-order valence-electron chi connectivity index (χ4n) is 1.71. The van der Waals surface area contributed by atoms with Crippen LogP contribution in [0, 0.1) is 0 Å². The van der Waals surface area contributed by atoms with Gasteiger partial charge in [0.15, 0.2) is 0 Å². The van der Waals surface area contributed by atoms with Crippen LogP contribution in [0.15, 0.2) is 36.4 Å². The highest BCUT2D eigenvalue weighted by Gasteiger charge is 2.07. The predicted octanol–water partition coefficient (Wildman–Crippen LogP) is 2.04. The van der Waals surface area contributed by atoms with Gasteiger partial charge in [-0.05, 0) is 31.2 Å². The van der Waals surface area contributed by atoms with Gasteiger partial charge in [-0.3, -0.25) is 15.4 Å². The Kier molecular flexibility index (Phi) is 9.59. The maximum absolute atomic E-state index is 11.6. The lowest BCUT2D eigenvalue weighted by Gasteiger charge is -2.09. The van der Waals surface area contributed by atoms with Crippen molar-refractivity contribution in [2.24, 2.45) is 0 Å². The standard InChI is InChI=1S/C18H23N3O7/c1-12(2)16(23)26-10-11-28-18(25)21-15-6-4-14(5-7-15)20-17(24)27-9-8-19-13(3)22/h4-7H,1,8-11H2,2-3H3,(H,19,22)(H,20,24)(H,21,25). The molecule has 0 aliphatic carbocycles. The molecule has 0 aliphatic heterocycles.